The number of hydrogen-bond acceptors (Lipinski definition) is 3. The molecule has 0 aliphatic carbocycles. The van der Waals surface area contributed by atoms with Gasteiger partial charge in [0.05, 0.1) is 6.61 Å². The Morgan fingerprint density at radius 1 is 1.36 bits per heavy atom. The van der Waals surface area contributed by atoms with Gasteiger partial charge in [0.2, 0.25) is 0 Å². The molecule has 0 saturated heterocycles. The van der Waals surface area contributed by atoms with Crippen LogP contribution < -0.4 is 0 Å². The average Bonchev–Trinajstić information content (AvgIpc) is 2.97. The molecule has 0 spiro atoms. The fraction of sp³-hybridized carbons (Fsp3) is 0.625. The second-order valence-electron chi connectivity index (χ2n) is 8.41. The lowest BCUT2D eigenvalue weighted by molar-refractivity contribution is -0.142. The minimum atomic E-state index is -1.26. The lowest BCUT2D eigenvalue weighted by atomic mass is 9.76. The Morgan fingerprint density at radius 3 is 2.50 bits per heavy atom. The van der Waals surface area contributed by atoms with Crippen molar-refractivity contribution in [2.24, 2.45) is 16.7 Å². The van der Waals surface area contributed by atoms with Crippen molar-refractivity contribution in [1.82, 2.24) is 0 Å². The number of aliphatic hydroxyl groups is 1. The fourth-order valence-electron chi connectivity index (χ4n) is 3.68. The van der Waals surface area contributed by atoms with Crippen molar-refractivity contribution in [2.75, 3.05) is 6.61 Å². The van der Waals surface area contributed by atoms with E-state index >= 15 is 0 Å². The smallest absolute Gasteiger partial charge is 0.317 e. The molecule has 0 aromatic rings. The van der Waals surface area contributed by atoms with Gasteiger partial charge in [-0.15, -0.1) is 0 Å². The Hall–Kier alpha value is -1.97. The highest BCUT2D eigenvalue weighted by atomic mass is 16.5. The third-order valence-electron chi connectivity index (χ3n) is 5.99. The third kappa shape index (κ3) is 5.52. The molecule has 2 N–H and O–H groups in total. The molecule has 1 heterocycles. The molecule has 4 nitrogen and oxygen atoms in total. The molecule has 158 valence electrons. The van der Waals surface area contributed by atoms with Crippen LogP contribution in [0.5, 0.6) is 0 Å². The van der Waals surface area contributed by atoms with Crippen LogP contribution in [0.1, 0.15) is 74.1 Å². The van der Waals surface area contributed by atoms with Crippen LogP contribution in [0.3, 0.4) is 0 Å². The summed E-state index contributed by atoms with van der Waals surface area (Å²) in [6, 6.07) is 0. The highest BCUT2D eigenvalue weighted by Crippen LogP contribution is 2.45. The van der Waals surface area contributed by atoms with Gasteiger partial charge in [-0.3, -0.25) is 4.79 Å². The maximum atomic E-state index is 11.8. The molecule has 0 saturated carbocycles. The molecule has 0 radical (unpaired) electrons. The van der Waals surface area contributed by atoms with E-state index in [-0.39, 0.29) is 11.2 Å². The summed E-state index contributed by atoms with van der Waals surface area (Å²) in [7, 11) is 0. The molecule has 0 amide bonds. The van der Waals surface area contributed by atoms with E-state index in [4.69, 9.17) is 4.74 Å². The molecular weight excluding hydrogens is 352 g/mol. The number of carbonyl (C=O) groups is 1. The number of carboxylic acids is 1. The van der Waals surface area contributed by atoms with Gasteiger partial charge >= 0.3 is 5.97 Å². The van der Waals surface area contributed by atoms with E-state index in [2.05, 4.69) is 33.8 Å². The van der Waals surface area contributed by atoms with Crippen molar-refractivity contribution in [3.8, 4) is 0 Å². The van der Waals surface area contributed by atoms with Crippen LogP contribution in [0.2, 0.25) is 0 Å². The summed E-state index contributed by atoms with van der Waals surface area (Å²) >= 11 is 0. The molecule has 4 heteroatoms. The molecular formula is C24H38O4. The van der Waals surface area contributed by atoms with Gasteiger partial charge in [-0.1, -0.05) is 51.5 Å². The number of hydrogen-bond donors (Lipinski definition) is 2. The van der Waals surface area contributed by atoms with E-state index in [9.17, 15) is 15.0 Å². The molecule has 1 aliphatic heterocycles. The Labute approximate surface area is 170 Å². The van der Waals surface area contributed by atoms with E-state index in [1.807, 2.05) is 6.92 Å². The highest BCUT2D eigenvalue weighted by Gasteiger charge is 2.41. The molecule has 0 bridgehead atoms. The number of ether oxygens (including phenoxy) is 1. The Kier molecular flexibility index (Phi) is 8.59. The first kappa shape index (κ1) is 24.1. The van der Waals surface area contributed by atoms with Gasteiger partial charge in [-0.05, 0) is 52.0 Å². The number of rotatable bonds is 10. The number of carboxylic acid groups (broad SMARTS) is 1. The summed E-state index contributed by atoms with van der Waals surface area (Å²) in [6.45, 7) is 14.5. The second-order valence-corrected chi connectivity index (χ2v) is 8.41. The van der Waals surface area contributed by atoms with E-state index in [1.165, 1.54) is 11.6 Å². The predicted octanol–water partition coefficient (Wildman–Crippen LogP) is 6.57. The Morgan fingerprint density at radius 2 is 2.00 bits per heavy atom. The van der Waals surface area contributed by atoms with Crippen molar-refractivity contribution < 1.29 is 19.7 Å². The predicted molar refractivity (Wildman–Crippen MR) is 115 cm³/mol. The number of allylic oxidation sites excluding steroid dienone is 5. The zero-order chi connectivity index (χ0) is 21.5. The monoisotopic (exact) mass is 390 g/mol. The third-order valence-corrected chi connectivity index (χ3v) is 5.99. The van der Waals surface area contributed by atoms with Gasteiger partial charge in [0, 0.05) is 17.4 Å². The van der Waals surface area contributed by atoms with Crippen molar-refractivity contribution in [3.63, 3.8) is 0 Å². The van der Waals surface area contributed by atoms with E-state index in [0.29, 0.717) is 18.9 Å². The summed E-state index contributed by atoms with van der Waals surface area (Å²) in [6.07, 6.45) is 10.5. The standard InChI is InChI=1S/C24H38O4/c1-8-13-23(6,22(26)27)15-19(25)21-20(10-3)28-16-24(21,7)14-11-12-18(5)17(4)9-2/h8,12-13,15,17,25H,9-11,14,16H2,1-7H3,(H,26,27)/b13-8?,18-12+,19-15+. The van der Waals surface area contributed by atoms with Crippen LogP contribution in [-0.4, -0.2) is 22.8 Å². The highest BCUT2D eigenvalue weighted by molar-refractivity contribution is 5.79. The number of aliphatic carboxylic acids is 1. The number of aliphatic hydroxyl groups excluding tert-OH is 1. The lowest BCUT2D eigenvalue weighted by Crippen LogP contribution is -2.26. The summed E-state index contributed by atoms with van der Waals surface area (Å²) < 4.78 is 5.91. The van der Waals surface area contributed by atoms with Crippen molar-refractivity contribution >= 4 is 5.97 Å². The Bertz CT molecular complexity index is 683. The van der Waals surface area contributed by atoms with Crippen molar-refractivity contribution in [3.05, 3.63) is 47.0 Å². The SMILES string of the molecule is CC=CC(C)(/C=C(/O)C1=C(CC)OCC1(C)CC/C=C(\C)C(C)CC)C(=O)O. The van der Waals surface area contributed by atoms with Gasteiger partial charge in [0.1, 0.15) is 16.9 Å². The molecule has 1 aliphatic rings. The molecule has 28 heavy (non-hydrogen) atoms. The van der Waals surface area contributed by atoms with Crippen molar-refractivity contribution in [2.45, 2.75) is 74.1 Å². The van der Waals surface area contributed by atoms with Crippen molar-refractivity contribution in [1.29, 1.82) is 0 Å². The molecule has 0 fully saturated rings. The quantitative estimate of drug-likeness (QED) is 0.327. The summed E-state index contributed by atoms with van der Waals surface area (Å²) in [5.74, 6) is 0.345. The summed E-state index contributed by atoms with van der Waals surface area (Å²) in [5.41, 5.74) is 0.536. The zero-order valence-electron chi connectivity index (χ0n) is 18.6. The van der Waals surface area contributed by atoms with E-state index < -0.39 is 11.4 Å². The molecule has 3 unspecified atom stereocenters. The first-order valence-corrected chi connectivity index (χ1v) is 10.4. The minimum Gasteiger partial charge on any atom is -0.508 e. The van der Waals surface area contributed by atoms with Crippen LogP contribution in [-0.2, 0) is 9.53 Å². The average molecular weight is 391 g/mol. The Balaban J connectivity index is 3.21. The fourth-order valence-corrected chi connectivity index (χ4v) is 3.68. The van der Waals surface area contributed by atoms with E-state index in [1.54, 1.807) is 26.0 Å². The van der Waals surface area contributed by atoms with Crippen LogP contribution in [0.4, 0.5) is 0 Å². The molecule has 3 atom stereocenters. The largest absolute Gasteiger partial charge is 0.508 e. The topological polar surface area (TPSA) is 66.8 Å². The van der Waals surface area contributed by atoms with Gasteiger partial charge in [-0.2, -0.15) is 0 Å². The van der Waals surface area contributed by atoms with E-state index in [0.717, 1.165) is 30.6 Å². The maximum Gasteiger partial charge on any atom is 0.317 e. The molecule has 0 aromatic carbocycles. The maximum absolute atomic E-state index is 11.8. The minimum absolute atomic E-state index is 0.0162. The van der Waals surface area contributed by atoms with Gasteiger partial charge in [-0.25, -0.2) is 0 Å². The molecule has 0 aromatic heterocycles. The first-order valence-electron chi connectivity index (χ1n) is 10.4. The zero-order valence-corrected chi connectivity index (χ0v) is 18.6. The lowest BCUT2D eigenvalue weighted by Gasteiger charge is -2.26. The normalized spacial score (nSPS) is 24.4. The molecule has 1 rings (SSSR count). The first-order chi connectivity index (χ1) is 13.0. The van der Waals surface area contributed by atoms with Crippen LogP contribution in [0.25, 0.3) is 0 Å². The van der Waals surface area contributed by atoms with Gasteiger partial charge in [0.15, 0.2) is 0 Å². The van der Waals surface area contributed by atoms with Gasteiger partial charge in [0.25, 0.3) is 0 Å². The summed E-state index contributed by atoms with van der Waals surface area (Å²) in [5, 5.41) is 20.6. The van der Waals surface area contributed by atoms with Crippen LogP contribution in [0, 0.1) is 16.7 Å². The summed E-state index contributed by atoms with van der Waals surface area (Å²) in [4.78, 5) is 11.8. The van der Waals surface area contributed by atoms with Crippen LogP contribution >= 0.6 is 0 Å². The van der Waals surface area contributed by atoms with Crippen LogP contribution in [0.15, 0.2) is 47.0 Å². The second kappa shape index (κ2) is 9.99. The van der Waals surface area contributed by atoms with Gasteiger partial charge < -0.3 is 14.9 Å².